The van der Waals surface area contributed by atoms with Crippen molar-refractivity contribution in [2.75, 3.05) is 0 Å². The molecule has 31 heteroatoms. The molecule has 0 amide bonds. The van der Waals surface area contributed by atoms with Gasteiger partial charge >= 0.3 is 98.8 Å². The Morgan fingerprint density at radius 3 is 0.972 bits per heavy atom. The monoisotopic (exact) mass is 1110 g/mol. The van der Waals surface area contributed by atoms with Gasteiger partial charge in [-0.25, -0.2) is 13.2 Å². The van der Waals surface area contributed by atoms with Crippen molar-refractivity contribution in [1.29, 1.82) is 0 Å². The zero-order valence-electron chi connectivity index (χ0n) is 34.2. The van der Waals surface area contributed by atoms with Crippen LogP contribution in [0.5, 0.6) is 34.5 Å². The first-order valence-corrected chi connectivity index (χ1v) is 20.3. The number of benzene rings is 5. The van der Waals surface area contributed by atoms with Crippen molar-refractivity contribution in [2.45, 2.75) is 63.2 Å². The molecule has 2 N–H and O–H groups in total. The zero-order valence-corrected chi connectivity index (χ0v) is 38.9. The van der Waals surface area contributed by atoms with Gasteiger partial charge in [0.15, 0.2) is 10.1 Å². The van der Waals surface area contributed by atoms with E-state index in [0.717, 1.165) is 0 Å². The first kappa shape index (κ1) is 59.3. The van der Waals surface area contributed by atoms with E-state index in [4.69, 9.17) is 9.47 Å². The molecule has 0 aliphatic heterocycles. The molecule has 0 saturated carbocycles. The fourth-order valence-corrected chi connectivity index (χ4v) is 7.70. The predicted octanol–water partition coefficient (Wildman–Crippen LogP) is 10.5. The van der Waals surface area contributed by atoms with Crippen LogP contribution in [0.25, 0.3) is 0 Å². The van der Waals surface area contributed by atoms with Gasteiger partial charge in [-0.05, 0) is 94.7 Å². The Kier molecular flexibility index (Phi) is 16.6. The molecule has 8 nitrogen and oxygen atoms in total. The van der Waals surface area contributed by atoms with Crippen molar-refractivity contribution in [3.8, 4) is 34.5 Å². The van der Waals surface area contributed by atoms with Gasteiger partial charge in [-0.3, -0.25) is 0 Å². The van der Waals surface area contributed by atoms with E-state index < -0.39 is 142 Å². The summed E-state index contributed by atoms with van der Waals surface area (Å²) < 4.78 is 334. The normalized spacial score (nSPS) is 13.9. The molecule has 71 heavy (non-hydrogen) atoms. The molecule has 382 valence electrons. The molecule has 5 rings (SSSR count). The van der Waals surface area contributed by atoms with E-state index in [9.17, 15) is 102 Å². The number of rotatable bonds is 15. The van der Waals surface area contributed by atoms with Crippen LogP contribution in [0, 0.1) is 0 Å². The van der Waals surface area contributed by atoms with Crippen LogP contribution in [0.3, 0.4) is 0 Å². The fraction of sp³-hybridized carbons (Fsp3) is 0.250. The molecule has 5 aromatic carbocycles. The summed E-state index contributed by atoms with van der Waals surface area (Å²) in [5.41, 5.74) is -15.7. The number of phenolic OH excluding ortho intramolecular Hbond substituents is 2. The van der Waals surface area contributed by atoms with Gasteiger partial charge in [0.25, 0.3) is 0 Å². The van der Waals surface area contributed by atoms with Gasteiger partial charge in [-0.1, -0.05) is 48.5 Å². The molecule has 0 bridgehead atoms. The Hall–Kier alpha value is -4.24. The average Bonchev–Trinajstić information content (AvgIpc) is 3.18. The Bertz CT molecular complexity index is 2590. The molecule has 0 radical (unpaired) electrons. The van der Waals surface area contributed by atoms with Gasteiger partial charge in [-0.15, -0.1) is 0 Å². The molecule has 0 heterocycles. The predicted molar refractivity (Wildman–Crippen MR) is 198 cm³/mol. The minimum atomic E-state index is -7.61. The van der Waals surface area contributed by atoms with E-state index >= 15 is 8.78 Å². The summed E-state index contributed by atoms with van der Waals surface area (Å²) in [7, 11) is -7.61. The molecule has 0 atom stereocenters. The van der Waals surface area contributed by atoms with Crippen LogP contribution in [-0.4, -0.2) is 70.6 Å². The Labute approximate surface area is 430 Å². The van der Waals surface area contributed by atoms with Crippen molar-refractivity contribution in [3.05, 3.63) is 138 Å². The second kappa shape index (κ2) is 19.9. The Balaban J connectivity index is 0.0000110. The van der Waals surface area contributed by atoms with Crippen LogP contribution in [0.4, 0.5) is 87.8 Å². The molecule has 0 saturated heterocycles. The van der Waals surface area contributed by atoms with E-state index in [-0.39, 0.29) is 87.8 Å². The summed E-state index contributed by atoms with van der Waals surface area (Å²) in [6, 6.07) is 6.40. The van der Waals surface area contributed by atoms with E-state index in [2.05, 4.69) is 4.74 Å². The van der Waals surface area contributed by atoms with E-state index in [0.29, 0.717) is 78.9 Å². The number of thioether (sulfide) groups is 1. The third-order valence-electron chi connectivity index (χ3n) is 9.70. The quantitative estimate of drug-likeness (QED) is 0.0456. The van der Waals surface area contributed by atoms with Crippen molar-refractivity contribution < 1.29 is 177 Å². The third kappa shape index (κ3) is 11.3. The summed E-state index contributed by atoms with van der Waals surface area (Å²) >= 11 is -1.63. The Morgan fingerprint density at radius 2 is 0.704 bits per heavy atom. The fourth-order valence-electron chi connectivity index (χ4n) is 6.56. The number of ether oxygens (including phenoxy) is 3. The SMILES string of the molecule is O=S(=O)([O-])C(F)(F)C(F)(F)OC(F)(F)C(F)(F)Sc1cc(Oc2ccc(C(c3ccc(O)cc3)(C(F)(F)F)C(F)(F)F)cc2)cc(Oc2ccc(C(c3ccc(O)cc3)(C(F)(F)F)C(F)(F)F)cc2)c1.[K+]. The topological polar surface area (TPSA) is 125 Å². The first-order chi connectivity index (χ1) is 31.6. The summed E-state index contributed by atoms with van der Waals surface area (Å²) in [6.45, 7) is 0. The van der Waals surface area contributed by atoms with E-state index in [1.165, 1.54) is 0 Å². The summed E-state index contributed by atoms with van der Waals surface area (Å²) in [4.78, 5) is -1.44. The first-order valence-electron chi connectivity index (χ1n) is 18.1. The number of phenols is 2. The third-order valence-corrected chi connectivity index (χ3v) is 11.5. The molecule has 5 aromatic rings. The van der Waals surface area contributed by atoms with Crippen molar-refractivity contribution in [1.82, 2.24) is 0 Å². The van der Waals surface area contributed by atoms with Crippen molar-refractivity contribution in [3.63, 3.8) is 0 Å². The molecule has 0 unspecified atom stereocenters. The van der Waals surface area contributed by atoms with Crippen molar-refractivity contribution >= 4 is 21.9 Å². The Morgan fingerprint density at radius 1 is 0.423 bits per heavy atom. The van der Waals surface area contributed by atoms with Crippen LogP contribution in [-0.2, 0) is 25.7 Å². The second-order valence-electron chi connectivity index (χ2n) is 14.2. The largest absolute Gasteiger partial charge is 1.00 e. The smallest absolute Gasteiger partial charge is 0.743 e. The zero-order chi connectivity index (χ0) is 53.1. The maximum Gasteiger partial charge on any atom is 1.00 e. The average molecular weight is 1110 g/mol. The van der Waals surface area contributed by atoms with Crippen LogP contribution in [0.1, 0.15) is 22.3 Å². The summed E-state index contributed by atoms with van der Waals surface area (Å²) in [6.07, 6.45) is -38.8. The second-order valence-corrected chi connectivity index (χ2v) is 16.8. The maximum atomic E-state index is 15.0. The minimum absolute atomic E-state index is 0. The molecule has 0 aromatic heterocycles. The molecule has 0 aliphatic carbocycles. The van der Waals surface area contributed by atoms with Gasteiger partial charge in [-0.2, -0.15) is 87.8 Å². The van der Waals surface area contributed by atoms with Crippen LogP contribution in [0.15, 0.2) is 120 Å². The maximum absolute atomic E-state index is 15.0. The van der Waals surface area contributed by atoms with Gasteiger partial charge < -0.3 is 24.2 Å². The van der Waals surface area contributed by atoms with E-state index in [1.807, 2.05) is 0 Å². The standard InChI is InChI=1S/C40H22F20O8S2.K/c41-33(42,43)31(34(44,45)46,20-1-9-24(61)10-2-20)22-5-13-26(14-6-22)66-28-17-29(19-30(18-28)69-39(57,58)37(53,54)68-38(55,56)40(59,60)70(63,64)65)67-27-15-7-23(8-16-27)32(35(47,48)49,36(50,51)52)21-3-11-25(62)12-4-21;/h1-19,61-62H,(H,63,64,65);/q;+1/p-1. The summed E-state index contributed by atoms with van der Waals surface area (Å²) in [5, 5.41) is 5.61. The number of halogens is 20. The van der Waals surface area contributed by atoms with Crippen LogP contribution in [0.2, 0.25) is 0 Å². The number of aromatic hydroxyl groups is 2. The van der Waals surface area contributed by atoms with Gasteiger partial charge in [0, 0.05) is 11.0 Å². The molecule has 0 spiro atoms. The number of hydrogen-bond acceptors (Lipinski definition) is 9. The van der Waals surface area contributed by atoms with Gasteiger partial charge in [0.2, 0.25) is 10.8 Å². The molecule has 0 aliphatic rings. The molecule has 0 fully saturated rings. The van der Waals surface area contributed by atoms with Gasteiger partial charge in [0.1, 0.15) is 34.5 Å². The van der Waals surface area contributed by atoms with E-state index in [1.54, 1.807) is 0 Å². The summed E-state index contributed by atoms with van der Waals surface area (Å²) in [5.74, 6) is -5.26. The van der Waals surface area contributed by atoms with Gasteiger partial charge in [0.05, 0.1) is 0 Å². The van der Waals surface area contributed by atoms with Crippen molar-refractivity contribution in [2.24, 2.45) is 0 Å². The van der Waals surface area contributed by atoms with Crippen LogP contribution >= 0.6 is 11.8 Å². The number of alkyl halides is 20. The number of hydrogen-bond donors (Lipinski definition) is 2. The molecular weight excluding hydrogens is 1090 g/mol. The van der Waals surface area contributed by atoms with Crippen LogP contribution < -0.4 is 60.9 Å². The minimum Gasteiger partial charge on any atom is -0.743 e. The molecular formula is C40H21F20KO8S2.